The number of likely N-dealkylation sites (tertiary alicyclic amines) is 1. The van der Waals surface area contributed by atoms with E-state index in [-0.39, 0.29) is 0 Å². The van der Waals surface area contributed by atoms with Crippen molar-refractivity contribution in [3.05, 3.63) is 34.9 Å². The predicted octanol–water partition coefficient (Wildman–Crippen LogP) is 4.35. The summed E-state index contributed by atoms with van der Waals surface area (Å²) in [6.07, 6.45) is 7.57. The van der Waals surface area contributed by atoms with Crippen molar-refractivity contribution in [3.63, 3.8) is 0 Å². The SMILES string of the molecule is C[C@@H]1CCCC[C@@H]1NC(=S)NC1CCN(Cc2ccc(Cl)cc2)CC1. The molecule has 1 saturated carbocycles. The highest BCUT2D eigenvalue weighted by molar-refractivity contribution is 7.80. The third kappa shape index (κ3) is 5.83. The first-order valence-corrected chi connectivity index (χ1v) is 10.4. The predicted molar refractivity (Wildman–Crippen MR) is 110 cm³/mol. The Bertz CT molecular complexity index is 555. The Morgan fingerprint density at radius 1 is 1.08 bits per heavy atom. The van der Waals surface area contributed by atoms with Gasteiger partial charge in [0.2, 0.25) is 0 Å². The number of rotatable bonds is 4. The number of piperidine rings is 1. The van der Waals surface area contributed by atoms with Crippen LogP contribution < -0.4 is 10.6 Å². The second-order valence-corrected chi connectivity index (χ2v) is 8.51. The van der Waals surface area contributed by atoms with Crippen LogP contribution in [0.3, 0.4) is 0 Å². The van der Waals surface area contributed by atoms with Gasteiger partial charge in [-0.05, 0) is 61.5 Å². The van der Waals surface area contributed by atoms with Gasteiger partial charge in [0.05, 0.1) is 0 Å². The summed E-state index contributed by atoms with van der Waals surface area (Å²) in [6.45, 7) is 5.58. The first-order valence-electron chi connectivity index (χ1n) is 9.64. The zero-order valence-electron chi connectivity index (χ0n) is 15.1. The van der Waals surface area contributed by atoms with Crippen LogP contribution in [-0.2, 0) is 6.54 Å². The molecule has 0 radical (unpaired) electrons. The molecule has 0 unspecified atom stereocenters. The molecule has 0 bridgehead atoms. The van der Waals surface area contributed by atoms with Crippen molar-refractivity contribution in [1.29, 1.82) is 0 Å². The summed E-state index contributed by atoms with van der Waals surface area (Å²) >= 11 is 11.5. The van der Waals surface area contributed by atoms with Crippen molar-refractivity contribution in [3.8, 4) is 0 Å². The van der Waals surface area contributed by atoms with E-state index in [1.807, 2.05) is 12.1 Å². The molecule has 2 fully saturated rings. The maximum absolute atomic E-state index is 5.96. The number of benzene rings is 1. The Morgan fingerprint density at radius 2 is 1.76 bits per heavy atom. The van der Waals surface area contributed by atoms with Crippen molar-refractivity contribution < 1.29 is 0 Å². The van der Waals surface area contributed by atoms with E-state index in [9.17, 15) is 0 Å². The third-order valence-electron chi connectivity index (χ3n) is 5.67. The lowest BCUT2D eigenvalue weighted by Gasteiger charge is -2.35. The van der Waals surface area contributed by atoms with E-state index >= 15 is 0 Å². The first-order chi connectivity index (χ1) is 12.1. The van der Waals surface area contributed by atoms with E-state index in [1.54, 1.807) is 0 Å². The molecule has 1 aliphatic carbocycles. The lowest BCUT2D eigenvalue weighted by Crippen LogP contribution is -2.51. The third-order valence-corrected chi connectivity index (χ3v) is 6.16. The highest BCUT2D eigenvalue weighted by atomic mass is 35.5. The average Bonchev–Trinajstić information content (AvgIpc) is 2.61. The van der Waals surface area contributed by atoms with Gasteiger partial charge in [-0.15, -0.1) is 0 Å². The van der Waals surface area contributed by atoms with E-state index in [0.29, 0.717) is 12.1 Å². The average molecular weight is 380 g/mol. The number of nitrogens with one attached hydrogen (secondary N) is 2. The van der Waals surface area contributed by atoms with Crippen molar-refractivity contribution >= 4 is 28.9 Å². The van der Waals surface area contributed by atoms with Crippen LogP contribution in [-0.4, -0.2) is 35.2 Å². The number of nitrogens with zero attached hydrogens (tertiary/aromatic N) is 1. The highest BCUT2D eigenvalue weighted by Crippen LogP contribution is 2.23. The molecule has 2 N–H and O–H groups in total. The molecule has 1 aliphatic heterocycles. The molecular weight excluding hydrogens is 350 g/mol. The summed E-state index contributed by atoms with van der Waals surface area (Å²) in [4.78, 5) is 2.51. The molecule has 2 aliphatic rings. The van der Waals surface area contributed by atoms with Gasteiger partial charge in [0, 0.05) is 36.7 Å². The molecule has 25 heavy (non-hydrogen) atoms. The first kappa shape index (κ1) is 18.9. The largest absolute Gasteiger partial charge is 0.360 e. The Labute approximate surface area is 162 Å². The molecule has 3 rings (SSSR count). The number of halogens is 1. The number of hydrogen-bond acceptors (Lipinski definition) is 2. The van der Waals surface area contributed by atoms with Crippen molar-refractivity contribution in [1.82, 2.24) is 15.5 Å². The minimum Gasteiger partial charge on any atom is -0.360 e. The standard InChI is InChI=1S/C20H30ClN3S/c1-15-4-2-3-5-19(15)23-20(25)22-18-10-12-24(13-11-18)14-16-6-8-17(21)9-7-16/h6-9,15,18-19H,2-5,10-14H2,1H3,(H2,22,23,25)/t15-,19+/m1/s1. The molecule has 1 aromatic carbocycles. The van der Waals surface area contributed by atoms with Gasteiger partial charge < -0.3 is 10.6 Å². The minimum absolute atomic E-state index is 0.500. The summed E-state index contributed by atoms with van der Waals surface area (Å²) < 4.78 is 0. The van der Waals surface area contributed by atoms with E-state index in [1.165, 1.54) is 31.2 Å². The van der Waals surface area contributed by atoms with Crippen LogP contribution in [0.25, 0.3) is 0 Å². The molecule has 2 atom stereocenters. The Balaban J connectivity index is 1.38. The Morgan fingerprint density at radius 3 is 2.44 bits per heavy atom. The summed E-state index contributed by atoms with van der Waals surface area (Å²) in [5.41, 5.74) is 1.33. The van der Waals surface area contributed by atoms with Crippen LogP contribution in [0.1, 0.15) is 51.0 Å². The molecule has 1 aromatic rings. The Hall–Kier alpha value is -0.840. The monoisotopic (exact) mass is 379 g/mol. The van der Waals surface area contributed by atoms with Crippen LogP contribution in [0.4, 0.5) is 0 Å². The fraction of sp³-hybridized carbons (Fsp3) is 0.650. The summed E-state index contributed by atoms with van der Waals surface area (Å²) in [5, 5.41) is 8.78. The molecule has 0 aromatic heterocycles. The number of hydrogen-bond donors (Lipinski definition) is 2. The van der Waals surface area contributed by atoms with Gasteiger partial charge in [0.15, 0.2) is 5.11 Å². The van der Waals surface area contributed by atoms with E-state index in [0.717, 1.165) is 48.5 Å². The fourth-order valence-corrected chi connectivity index (χ4v) is 4.45. The van der Waals surface area contributed by atoms with E-state index in [2.05, 4.69) is 34.6 Å². The van der Waals surface area contributed by atoms with Gasteiger partial charge in [0.1, 0.15) is 0 Å². The van der Waals surface area contributed by atoms with Gasteiger partial charge >= 0.3 is 0 Å². The molecule has 1 saturated heterocycles. The fourth-order valence-electron chi connectivity index (χ4n) is 4.01. The van der Waals surface area contributed by atoms with Crippen LogP contribution in [0, 0.1) is 5.92 Å². The maximum Gasteiger partial charge on any atom is 0.166 e. The molecule has 0 amide bonds. The highest BCUT2D eigenvalue weighted by Gasteiger charge is 2.24. The number of thiocarbonyl (C=S) groups is 1. The van der Waals surface area contributed by atoms with Gasteiger partial charge in [-0.1, -0.05) is 43.5 Å². The van der Waals surface area contributed by atoms with Crippen LogP contribution in [0.5, 0.6) is 0 Å². The lowest BCUT2D eigenvalue weighted by molar-refractivity contribution is 0.198. The van der Waals surface area contributed by atoms with Crippen molar-refractivity contribution in [2.45, 2.75) is 64.1 Å². The van der Waals surface area contributed by atoms with E-state index in [4.69, 9.17) is 23.8 Å². The topological polar surface area (TPSA) is 27.3 Å². The maximum atomic E-state index is 5.96. The second kappa shape index (κ2) is 9.20. The van der Waals surface area contributed by atoms with Gasteiger partial charge in [-0.2, -0.15) is 0 Å². The molecular formula is C20H30ClN3S. The van der Waals surface area contributed by atoms with Crippen molar-refractivity contribution in [2.24, 2.45) is 5.92 Å². The quantitative estimate of drug-likeness (QED) is 0.760. The zero-order valence-corrected chi connectivity index (χ0v) is 16.7. The molecule has 0 spiro atoms. The van der Waals surface area contributed by atoms with Gasteiger partial charge in [0.25, 0.3) is 0 Å². The lowest BCUT2D eigenvalue weighted by atomic mass is 9.86. The van der Waals surface area contributed by atoms with Crippen molar-refractivity contribution in [2.75, 3.05) is 13.1 Å². The zero-order chi connectivity index (χ0) is 17.6. The second-order valence-electron chi connectivity index (χ2n) is 7.66. The molecule has 1 heterocycles. The summed E-state index contributed by atoms with van der Waals surface area (Å²) in [7, 11) is 0. The molecule has 138 valence electrons. The summed E-state index contributed by atoms with van der Waals surface area (Å²) in [6, 6.07) is 9.25. The smallest absolute Gasteiger partial charge is 0.166 e. The van der Waals surface area contributed by atoms with Gasteiger partial charge in [-0.25, -0.2) is 0 Å². The summed E-state index contributed by atoms with van der Waals surface area (Å²) in [5.74, 6) is 0.731. The van der Waals surface area contributed by atoms with Crippen LogP contribution >= 0.6 is 23.8 Å². The minimum atomic E-state index is 0.500. The molecule has 3 nitrogen and oxygen atoms in total. The van der Waals surface area contributed by atoms with E-state index < -0.39 is 0 Å². The normalized spacial score (nSPS) is 25.5. The van der Waals surface area contributed by atoms with Crippen LogP contribution in [0.15, 0.2) is 24.3 Å². The molecule has 5 heteroatoms. The van der Waals surface area contributed by atoms with Gasteiger partial charge in [-0.3, -0.25) is 4.90 Å². The van der Waals surface area contributed by atoms with Crippen LogP contribution in [0.2, 0.25) is 5.02 Å². The Kier molecular flexibility index (Phi) is 6.97.